The number of fused-ring (bicyclic) bond motifs is 1. The van der Waals surface area contributed by atoms with Crippen molar-refractivity contribution in [3.05, 3.63) is 41.0 Å². The Morgan fingerprint density at radius 3 is 2.55 bits per heavy atom. The van der Waals surface area contributed by atoms with E-state index in [-0.39, 0.29) is 37.2 Å². The second kappa shape index (κ2) is 12.2. The van der Waals surface area contributed by atoms with Gasteiger partial charge in [0.2, 0.25) is 5.95 Å². The summed E-state index contributed by atoms with van der Waals surface area (Å²) in [5.74, 6) is 0.690. The average molecular weight is 542 g/mol. The summed E-state index contributed by atoms with van der Waals surface area (Å²) in [5.41, 5.74) is 0.947. The van der Waals surface area contributed by atoms with Gasteiger partial charge in [0.25, 0.3) is 0 Å². The molecule has 0 aliphatic carbocycles. The van der Waals surface area contributed by atoms with Crippen molar-refractivity contribution >= 4 is 80.5 Å². The van der Waals surface area contributed by atoms with Crippen LogP contribution in [0.2, 0.25) is 0 Å². The fourth-order valence-corrected chi connectivity index (χ4v) is 4.72. The molecule has 5 nitrogen and oxygen atoms in total. The molecule has 1 N–H and O–H groups in total. The van der Waals surface area contributed by atoms with Gasteiger partial charge in [0.15, 0.2) is 0 Å². The molecule has 0 unspecified atom stereocenters. The van der Waals surface area contributed by atoms with Crippen molar-refractivity contribution in [2.45, 2.75) is 0 Å². The highest BCUT2D eigenvalue weighted by atomic mass is 79.9. The lowest BCUT2D eigenvalue weighted by molar-refractivity contribution is 0.158. The number of thiophene rings is 1. The molecule has 0 radical (unpaired) electrons. The lowest BCUT2D eigenvalue weighted by Crippen LogP contribution is -2.45. The van der Waals surface area contributed by atoms with Gasteiger partial charge in [-0.25, -0.2) is 9.97 Å². The lowest BCUT2D eigenvalue weighted by Gasteiger charge is -2.32. The molecule has 1 aromatic carbocycles. The number of benzene rings is 1. The molecule has 10 heteroatoms. The highest BCUT2D eigenvalue weighted by Gasteiger charge is 2.14. The largest absolute Gasteiger partial charge is 0.353 e. The predicted octanol–water partition coefficient (Wildman–Crippen LogP) is 5.05. The molecule has 1 fully saturated rings. The average Bonchev–Trinajstić information content (AvgIpc) is 3.08. The molecule has 0 spiro atoms. The van der Waals surface area contributed by atoms with Crippen LogP contribution in [0.3, 0.4) is 0 Å². The minimum absolute atomic E-state index is 0. The zero-order chi connectivity index (χ0) is 17.9. The van der Waals surface area contributed by atoms with Crippen molar-refractivity contribution in [3.63, 3.8) is 0 Å². The van der Waals surface area contributed by atoms with E-state index in [1.807, 2.05) is 6.20 Å². The van der Waals surface area contributed by atoms with Crippen molar-refractivity contribution in [3.8, 4) is 10.6 Å². The van der Waals surface area contributed by atoms with Crippen molar-refractivity contribution in [1.29, 1.82) is 0 Å². The van der Waals surface area contributed by atoms with Gasteiger partial charge in [-0.05, 0) is 40.5 Å². The SMILES string of the molecule is CN1CCN(CCNc2ncc(Br)c(-c3cc4ccccc4s3)n2)CC1.Cl.Cl.Cl. The fourth-order valence-electron chi connectivity index (χ4n) is 3.12. The first kappa shape index (κ1) is 26.4. The van der Waals surface area contributed by atoms with E-state index in [1.165, 1.54) is 10.1 Å². The summed E-state index contributed by atoms with van der Waals surface area (Å²) in [7, 11) is 2.18. The Kier molecular flexibility index (Phi) is 11.1. The van der Waals surface area contributed by atoms with Crippen LogP contribution >= 0.6 is 64.5 Å². The summed E-state index contributed by atoms with van der Waals surface area (Å²) in [4.78, 5) is 15.2. The Morgan fingerprint density at radius 1 is 1.10 bits per heavy atom. The van der Waals surface area contributed by atoms with E-state index < -0.39 is 0 Å². The van der Waals surface area contributed by atoms with Crippen molar-refractivity contribution in [2.75, 3.05) is 51.6 Å². The Labute approximate surface area is 202 Å². The first-order valence-corrected chi connectivity index (χ1v) is 10.5. The Balaban J connectivity index is 0.00000140. The number of aromatic nitrogens is 2. The maximum Gasteiger partial charge on any atom is 0.223 e. The topological polar surface area (TPSA) is 44.3 Å². The monoisotopic (exact) mass is 539 g/mol. The molecule has 0 atom stereocenters. The molecule has 3 heterocycles. The third-order valence-electron chi connectivity index (χ3n) is 4.71. The van der Waals surface area contributed by atoms with Crippen LogP contribution in [-0.4, -0.2) is 66.1 Å². The number of rotatable bonds is 5. The number of hydrogen-bond donors (Lipinski definition) is 1. The van der Waals surface area contributed by atoms with E-state index in [2.05, 4.69) is 73.4 Å². The maximum atomic E-state index is 4.75. The third-order valence-corrected chi connectivity index (χ3v) is 6.41. The zero-order valence-corrected chi connectivity index (χ0v) is 20.9. The van der Waals surface area contributed by atoms with Gasteiger partial charge in [0, 0.05) is 50.2 Å². The summed E-state index contributed by atoms with van der Waals surface area (Å²) < 4.78 is 2.20. The van der Waals surface area contributed by atoms with E-state index in [0.717, 1.165) is 54.3 Å². The summed E-state index contributed by atoms with van der Waals surface area (Å²) >= 11 is 5.36. The minimum Gasteiger partial charge on any atom is -0.353 e. The van der Waals surface area contributed by atoms with Crippen LogP contribution in [0.4, 0.5) is 5.95 Å². The number of hydrogen-bond acceptors (Lipinski definition) is 6. The number of nitrogens with zero attached hydrogens (tertiary/aromatic N) is 4. The lowest BCUT2D eigenvalue weighted by atomic mass is 10.2. The van der Waals surface area contributed by atoms with Crippen LogP contribution in [0.25, 0.3) is 20.7 Å². The highest BCUT2D eigenvalue weighted by Crippen LogP contribution is 2.36. The molecule has 29 heavy (non-hydrogen) atoms. The predicted molar refractivity (Wildman–Crippen MR) is 135 cm³/mol. The standard InChI is InChI=1S/C19H22BrN5S.3ClH/c1-24-8-10-25(11-9-24)7-6-21-19-22-13-15(20)18(23-19)17-12-14-4-2-3-5-16(14)26-17;;;/h2-5,12-13H,6-11H2,1H3,(H,21,22,23);3*1H. The van der Waals surface area contributed by atoms with Gasteiger partial charge >= 0.3 is 0 Å². The Bertz CT molecular complexity index is 869. The Morgan fingerprint density at radius 2 is 1.83 bits per heavy atom. The molecule has 160 valence electrons. The fraction of sp³-hybridized carbons (Fsp3) is 0.368. The number of halogens is 4. The van der Waals surface area contributed by atoms with Gasteiger partial charge in [-0.2, -0.15) is 0 Å². The van der Waals surface area contributed by atoms with E-state index in [9.17, 15) is 0 Å². The van der Waals surface area contributed by atoms with Crippen LogP contribution in [0.1, 0.15) is 0 Å². The van der Waals surface area contributed by atoms with E-state index in [4.69, 9.17) is 4.98 Å². The van der Waals surface area contributed by atoms with Crippen LogP contribution in [-0.2, 0) is 0 Å². The summed E-state index contributed by atoms with van der Waals surface area (Å²) in [6.07, 6.45) is 1.84. The highest BCUT2D eigenvalue weighted by molar-refractivity contribution is 9.10. The molecular weight excluding hydrogens is 517 g/mol. The smallest absolute Gasteiger partial charge is 0.223 e. The van der Waals surface area contributed by atoms with Gasteiger partial charge in [0.1, 0.15) is 5.69 Å². The molecule has 3 aromatic rings. The van der Waals surface area contributed by atoms with Crippen molar-refractivity contribution < 1.29 is 0 Å². The maximum absolute atomic E-state index is 4.75. The molecule has 1 saturated heterocycles. The molecule has 2 aromatic heterocycles. The van der Waals surface area contributed by atoms with E-state index in [1.54, 1.807) is 11.3 Å². The number of piperazine rings is 1. The van der Waals surface area contributed by atoms with E-state index in [0.29, 0.717) is 5.95 Å². The first-order valence-electron chi connectivity index (χ1n) is 8.85. The summed E-state index contributed by atoms with van der Waals surface area (Å²) in [6.45, 7) is 6.43. The second-order valence-electron chi connectivity index (χ2n) is 6.61. The summed E-state index contributed by atoms with van der Waals surface area (Å²) in [5, 5.41) is 4.63. The third kappa shape index (κ3) is 6.66. The van der Waals surface area contributed by atoms with Gasteiger partial charge in [-0.1, -0.05) is 18.2 Å². The Hall–Kier alpha value is -0.670. The quantitative estimate of drug-likeness (QED) is 0.490. The number of likely N-dealkylation sites (N-methyl/N-ethyl adjacent to an activating group) is 1. The van der Waals surface area contributed by atoms with Gasteiger partial charge < -0.3 is 10.2 Å². The minimum atomic E-state index is 0. The molecule has 1 aliphatic heterocycles. The number of nitrogens with one attached hydrogen (secondary N) is 1. The molecular formula is C19H25BrCl3N5S. The normalized spacial score (nSPS) is 14.6. The van der Waals surface area contributed by atoms with Gasteiger partial charge in [-0.15, -0.1) is 48.6 Å². The molecule has 0 amide bonds. The van der Waals surface area contributed by atoms with E-state index >= 15 is 0 Å². The second-order valence-corrected chi connectivity index (χ2v) is 8.55. The summed E-state index contributed by atoms with van der Waals surface area (Å²) in [6, 6.07) is 10.6. The molecule has 4 rings (SSSR count). The van der Waals surface area contributed by atoms with Crippen molar-refractivity contribution in [2.24, 2.45) is 0 Å². The van der Waals surface area contributed by atoms with Gasteiger partial charge in [-0.3, -0.25) is 4.90 Å². The number of anilines is 1. The molecule has 0 saturated carbocycles. The van der Waals surface area contributed by atoms with Crippen LogP contribution in [0, 0.1) is 0 Å². The molecule has 1 aliphatic rings. The first-order chi connectivity index (χ1) is 12.7. The molecule has 0 bridgehead atoms. The van der Waals surface area contributed by atoms with Crippen LogP contribution in [0.5, 0.6) is 0 Å². The van der Waals surface area contributed by atoms with Gasteiger partial charge in [0.05, 0.1) is 9.35 Å². The van der Waals surface area contributed by atoms with Crippen LogP contribution in [0.15, 0.2) is 41.0 Å². The zero-order valence-electron chi connectivity index (χ0n) is 16.0. The van der Waals surface area contributed by atoms with Crippen LogP contribution < -0.4 is 5.32 Å². The van der Waals surface area contributed by atoms with Crippen molar-refractivity contribution in [1.82, 2.24) is 19.8 Å².